The van der Waals surface area contributed by atoms with Crippen molar-refractivity contribution in [1.82, 2.24) is 15.5 Å². The predicted molar refractivity (Wildman–Crippen MR) is 152 cm³/mol. The summed E-state index contributed by atoms with van der Waals surface area (Å²) in [6.45, 7) is 0.344. The number of hydrogen-bond acceptors (Lipinski definition) is 7. The number of alkyl carbamates (subject to hydrolysis) is 1. The summed E-state index contributed by atoms with van der Waals surface area (Å²) in [5.74, 6) is -3.42. The fourth-order valence-electron chi connectivity index (χ4n) is 5.67. The summed E-state index contributed by atoms with van der Waals surface area (Å²) in [4.78, 5) is 64.0. The Hall–Kier alpha value is -3.19. The first-order valence-corrected chi connectivity index (χ1v) is 14.9. The van der Waals surface area contributed by atoms with Crippen molar-refractivity contribution in [3.05, 3.63) is 34.3 Å². The molecule has 1 aromatic carbocycles. The normalized spacial score (nSPS) is 21.3. The topological polar surface area (TPSA) is 188 Å². The smallest absolute Gasteiger partial charge is 0.408 e. The molecule has 0 radical (unpaired) electrons. The number of nitrogens with zero attached hydrogens (tertiary/aromatic N) is 1. The lowest BCUT2D eigenvalue weighted by atomic mass is 9.84. The van der Waals surface area contributed by atoms with Crippen LogP contribution in [0.25, 0.3) is 0 Å². The summed E-state index contributed by atoms with van der Waals surface area (Å²) < 4.78 is 6.01. The highest BCUT2D eigenvalue weighted by Crippen LogP contribution is 2.40. The molecule has 6 N–H and O–H groups in total. The van der Waals surface area contributed by atoms with Gasteiger partial charge in [0.15, 0.2) is 0 Å². The number of ether oxygens (including phenoxy) is 1. The van der Waals surface area contributed by atoms with Gasteiger partial charge in [0.05, 0.1) is 0 Å². The average molecular weight is 640 g/mol. The van der Waals surface area contributed by atoms with E-state index in [9.17, 15) is 34.2 Å². The van der Waals surface area contributed by atoms with E-state index < -0.39 is 48.0 Å². The molecule has 0 unspecified atom stereocenters. The number of benzene rings is 1. The number of carbonyl (C=O) groups is 5. The molecule has 2 fully saturated rings. The van der Waals surface area contributed by atoms with Crippen LogP contribution in [0, 0.1) is 5.92 Å². The van der Waals surface area contributed by atoms with Gasteiger partial charge < -0.3 is 36.2 Å². The minimum absolute atomic E-state index is 0.0417. The van der Waals surface area contributed by atoms with Crippen LogP contribution >= 0.6 is 15.9 Å². The van der Waals surface area contributed by atoms with E-state index in [1.807, 2.05) is 6.07 Å². The number of nitrogens with one attached hydrogen (secondary N) is 2. The van der Waals surface area contributed by atoms with Crippen LogP contribution in [0.15, 0.2) is 28.7 Å². The summed E-state index contributed by atoms with van der Waals surface area (Å²) in [5, 5.41) is 24.4. The fraction of sp³-hybridized carbons (Fsp3) is 0.607. The van der Waals surface area contributed by atoms with E-state index >= 15 is 0 Å². The van der Waals surface area contributed by atoms with Crippen molar-refractivity contribution >= 4 is 45.8 Å². The number of carboxylic acids is 2. The summed E-state index contributed by atoms with van der Waals surface area (Å²) in [6, 6.07) is 3.62. The van der Waals surface area contributed by atoms with Gasteiger partial charge in [0.2, 0.25) is 11.8 Å². The Balaban J connectivity index is 1.60. The van der Waals surface area contributed by atoms with Crippen molar-refractivity contribution in [3.63, 3.8) is 0 Å². The molecule has 3 amide bonds. The quantitative estimate of drug-likeness (QED) is 0.191. The lowest BCUT2D eigenvalue weighted by Crippen LogP contribution is -2.52. The van der Waals surface area contributed by atoms with E-state index in [1.165, 1.54) is 4.90 Å². The van der Waals surface area contributed by atoms with E-state index in [0.29, 0.717) is 25.8 Å². The number of likely N-dealkylation sites (tertiary alicyclic amines) is 1. The maximum atomic E-state index is 13.2. The van der Waals surface area contributed by atoms with Crippen molar-refractivity contribution in [2.45, 2.75) is 95.0 Å². The molecule has 1 aromatic rings. The molecular weight excluding hydrogens is 600 g/mol. The van der Waals surface area contributed by atoms with Crippen molar-refractivity contribution in [2.75, 3.05) is 6.54 Å². The number of hydrogen-bond donors (Lipinski definition) is 5. The third-order valence-corrected chi connectivity index (χ3v) is 8.57. The van der Waals surface area contributed by atoms with Gasteiger partial charge in [-0.15, -0.1) is 0 Å². The second-order valence-corrected chi connectivity index (χ2v) is 11.4. The standard InChI is InChI=1S/C28H39BrN4O8/c29-19-9-3-1-8-18(19)16-41-28(40)32-20(10-5-6-14-30)25(35)31-21(26(36)37)12-13-24(34)33-22-11-4-2-7-17(22)15-23(33)27(38)39/h1,3,8-9,17,20-23H,2,4-7,10-16,30H2,(H,31,35)(H,32,40)(H,36,37)(H,38,39)/t17-,20-,21+,22-,23-/m0/s1. The van der Waals surface area contributed by atoms with Gasteiger partial charge in [0.1, 0.15) is 24.7 Å². The number of carboxylic acid groups (broad SMARTS) is 2. The Kier molecular flexibility index (Phi) is 12.4. The van der Waals surface area contributed by atoms with Gasteiger partial charge in [-0.25, -0.2) is 14.4 Å². The van der Waals surface area contributed by atoms with Gasteiger partial charge in [-0.1, -0.05) is 47.0 Å². The van der Waals surface area contributed by atoms with Crippen LogP contribution in [0.3, 0.4) is 0 Å². The molecule has 226 valence electrons. The molecule has 13 heteroatoms. The number of rotatable bonds is 14. The van der Waals surface area contributed by atoms with Gasteiger partial charge in [-0.3, -0.25) is 9.59 Å². The van der Waals surface area contributed by atoms with E-state index in [-0.39, 0.29) is 37.8 Å². The first kappa shape index (κ1) is 32.3. The Morgan fingerprint density at radius 1 is 1.02 bits per heavy atom. The Labute approximate surface area is 247 Å². The zero-order valence-corrected chi connectivity index (χ0v) is 24.5. The van der Waals surface area contributed by atoms with Gasteiger partial charge in [0.25, 0.3) is 0 Å². The lowest BCUT2D eigenvalue weighted by Gasteiger charge is -2.33. The van der Waals surface area contributed by atoms with Crippen molar-refractivity contribution in [2.24, 2.45) is 11.7 Å². The molecule has 1 aliphatic heterocycles. The van der Waals surface area contributed by atoms with Gasteiger partial charge in [-0.2, -0.15) is 0 Å². The number of unbranched alkanes of at least 4 members (excludes halogenated alkanes) is 1. The van der Waals surface area contributed by atoms with E-state index in [0.717, 1.165) is 35.7 Å². The summed E-state index contributed by atoms with van der Waals surface area (Å²) in [5.41, 5.74) is 6.29. The van der Waals surface area contributed by atoms with Crippen LogP contribution in [0.1, 0.15) is 69.8 Å². The molecule has 2 aliphatic rings. The molecule has 0 spiro atoms. The molecule has 5 atom stereocenters. The van der Waals surface area contributed by atoms with Crippen LogP contribution < -0.4 is 16.4 Å². The number of amides is 3. The lowest BCUT2D eigenvalue weighted by molar-refractivity contribution is -0.150. The van der Waals surface area contributed by atoms with Crippen molar-refractivity contribution in [1.29, 1.82) is 0 Å². The molecule has 1 heterocycles. The minimum Gasteiger partial charge on any atom is -0.480 e. The second kappa shape index (κ2) is 15.7. The van der Waals surface area contributed by atoms with Crippen molar-refractivity contribution in [3.8, 4) is 0 Å². The molecule has 3 rings (SSSR count). The first-order valence-electron chi connectivity index (χ1n) is 14.1. The van der Waals surface area contributed by atoms with Gasteiger partial charge >= 0.3 is 18.0 Å². The molecule has 41 heavy (non-hydrogen) atoms. The first-order chi connectivity index (χ1) is 19.6. The number of aliphatic carboxylic acids is 2. The number of nitrogens with two attached hydrogens (primary N) is 1. The summed E-state index contributed by atoms with van der Waals surface area (Å²) >= 11 is 3.38. The highest BCUT2D eigenvalue weighted by atomic mass is 79.9. The van der Waals surface area contributed by atoms with Crippen LogP contribution in [0.4, 0.5) is 4.79 Å². The highest BCUT2D eigenvalue weighted by Gasteiger charge is 2.47. The number of carbonyl (C=O) groups excluding carboxylic acids is 3. The molecule has 0 aromatic heterocycles. The van der Waals surface area contributed by atoms with Gasteiger partial charge in [0, 0.05) is 22.5 Å². The zero-order valence-electron chi connectivity index (χ0n) is 22.9. The SMILES string of the molecule is NCCCC[C@H](NC(=O)OCc1ccccc1Br)C(=O)N[C@H](CCC(=O)N1[C@H](C(=O)O)C[C@@H]2CCCC[C@@H]21)C(=O)O. The molecule has 1 saturated heterocycles. The monoisotopic (exact) mass is 638 g/mol. The van der Waals surface area contributed by atoms with Gasteiger partial charge in [-0.05, 0) is 63.5 Å². The Morgan fingerprint density at radius 2 is 1.76 bits per heavy atom. The molecule has 0 bridgehead atoms. The molecule has 1 saturated carbocycles. The second-order valence-electron chi connectivity index (χ2n) is 10.6. The third-order valence-electron chi connectivity index (χ3n) is 7.79. The van der Waals surface area contributed by atoms with Crippen molar-refractivity contribution < 1.29 is 38.9 Å². The predicted octanol–water partition coefficient (Wildman–Crippen LogP) is 2.77. The molecule has 12 nitrogen and oxygen atoms in total. The molecular formula is C28H39BrN4O8. The Bertz CT molecular complexity index is 1100. The van der Waals surface area contributed by atoms with Crippen LogP contribution in [-0.2, 0) is 30.5 Å². The average Bonchev–Trinajstić information content (AvgIpc) is 3.34. The third kappa shape index (κ3) is 9.15. The summed E-state index contributed by atoms with van der Waals surface area (Å²) in [7, 11) is 0. The van der Waals surface area contributed by atoms with Crippen LogP contribution in [-0.4, -0.2) is 75.7 Å². The minimum atomic E-state index is -1.41. The Morgan fingerprint density at radius 3 is 2.44 bits per heavy atom. The van der Waals surface area contributed by atoms with E-state index in [2.05, 4.69) is 26.6 Å². The molecule has 1 aliphatic carbocycles. The van der Waals surface area contributed by atoms with E-state index in [4.69, 9.17) is 10.5 Å². The number of fused-ring (bicyclic) bond motifs is 1. The number of halogens is 1. The maximum absolute atomic E-state index is 13.2. The maximum Gasteiger partial charge on any atom is 0.408 e. The van der Waals surface area contributed by atoms with E-state index in [1.54, 1.807) is 18.2 Å². The van der Waals surface area contributed by atoms with Crippen LogP contribution in [0.5, 0.6) is 0 Å². The highest BCUT2D eigenvalue weighted by molar-refractivity contribution is 9.10. The largest absolute Gasteiger partial charge is 0.480 e. The fourth-order valence-corrected chi connectivity index (χ4v) is 6.07. The summed E-state index contributed by atoms with van der Waals surface area (Å²) in [6.07, 6.45) is 3.92. The zero-order chi connectivity index (χ0) is 29.9. The van der Waals surface area contributed by atoms with Crippen LogP contribution in [0.2, 0.25) is 0 Å².